The second-order valence-corrected chi connectivity index (χ2v) is 7.36. The van der Waals surface area contributed by atoms with Crippen LogP contribution in [0.2, 0.25) is 0 Å². The Hall–Kier alpha value is -3.19. The topological polar surface area (TPSA) is 62.5 Å². The summed E-state index contributed by atoms with van der Waals surface area (Å²) >= 11 is 1.51. The molecular formula is C21H21N5OS. The van der Waals surface area contributed by atoms with Gasteiger partial charge in [-0.3, -0.25) is 9.20 Å². The zero-order valence-corrected chi connectivity index (χ0v) is 16.6. The number of benzene rings is 1. The van der Waals surface area contributed by atoms with Gasteiger partial charge in [-0.1, -0.05) is 47.7 Å². The van der Waals surface area contributed by atoms with Crippen LogP contribution in [0.4, 0.5) is 5.13 Å². The molecule has 3 heterocycles. The Kier molecular flexibility index (Phi) is 5.08. The SMILES string of the molecule is CCN(Cc1ccccc1)C(=O)c1nc(-c2cnc(NC)s2)n2ccccc12. The highest BCUT2D eigenvalue weighted by molar-refractivity contribution is 7.18. The van der Waals surface area contributed by atoms with Crippen LogP contribution in [0.5, 0.6) is 0 Å². The zero-order chi connectivity index (χ0) is 19.5. The first-order valence-electron chi connectivity index (χ1n) is 9.15. The minimum Gasteiger partial charge on any atom is -0.365 e. The molecule has 6 nitrogen and oxygen atoms in total. The van der Waals surface area contributed by atoms with Gasteiger partial charge in [0.05, 0.1) is 16.6 Å². The number of anilines is 1. The third-order valence-corrected chi connectivity index (χ3v) is 5.59. The maximum Gasteiger partial charge on any atom is 0.275 e. The third kappa shape index (κ3) is 3.36. The maximum atomic E-state index is 13.3. The number of rotatable bonds is 6. The van der Waals surface area contributed by atoms with E-state index >= 15 is 0 Å². The first kappa shape index (κ1) is 18.2. The van der Waals surface area contributed by atoms with Gasteiger partial charge in [0.2, 0.25) is 0 Å². The first-order chi connectivity index (χ1) is 13.7. The lowest BCUT2D eigenvalue weighted by Crippen LogP contribution is -2.30. The Balaban J connectivity index is 1.74. The molecule has 7 heteroatoms. The molecule has 3 aromatic heterocycles. The molecule has 142 valence electrons. The number of amides is 1. The van der Waals surface area contributed by atoms with Crippen molar-refractivity contribution in [2.75, 3.05) is 18.9 Å². The highest BCUT2D eigenvalue weighted by atomic mass is 32.1. The molecular weight excluding hydrogens is 370 g/mol. The van der Waals surface area contributed by atoms with Gasteiger partial charge in [0.15, 0.2) is 16.6 Å². The molecule has 28 heavy (non-hydrogen) atoms. The normalized spacial score (nSPS) is 10.9. The van der Waals surface area contributed by atoms with Crippen molar-refractivity contribution in [2.24, 2.45) is 0 Å². The van der Waals surface area contributed by atoms with E-state index in [0.29, 0.717) is 18.8 Å². The van der Waals surface area contributed by atoms with Gasteiger partial charge in [-0.25, -0.2) is 9.97 Å². The quantitative estimate of drug-likeness (QED) is 0.536. The van der Waals surface area contributed by atoms with Crippen molar-refractivity contribution >= 4 is 27.9 Å². The molecule has 0 bridgehead atoms. The van der Waals surface area contributed by atoms with Gasteiger partial charge in [-0.05, 0) is 24.6 Å². The van der Waals surface area contributed by atoms with Gasteiger partial charge < -0.3 is 10.2 Å². The molecule has 0 aliphatic rings. The van der Waals surface area contributed by atoms with Crippen LogP contribution in [-0.2, 0) is 6.54 Å². The number of imidazole rings is 1. The number of nitrogens with one attached hydrogen (secondary N) is 1. The summed E-state index contributed by atoms with van der Waals surface area (Å²) in [5, 5.41) is 3.86. The van der Waals surface area contributed by atoms with Crippen LogP contribution >= 0.6 is 11.3 Å². The van der Waals surface area contributed by atoms with Gasteiger partial charge in [-0.15, -0.1) is 0 Å². The summed E-state index contributed by atoms with van der Waals surface area (Å²) in [6.07, 6.45) is 3.72. The van der Waals surface area contributed by atoms with E-state index in [4.69, 9.17) is 4.98 Å². The van der Waals surface area contributed by atoms with Crippen molar-refractivity contribution in [1.82, 2.24) is 19.3 Å². The van der Waals surface area contributed by atoms with E-state index in [-0.39, 0.29) is 5.91 Å². The van der Waals surface area contributed by atoms with Crippen LogP contribution in [0.25, 0.3) is 16.2 Å². The van der Waals surface area contributed by atoms with Crippen LogP contribution < -0.4 is 5.32 Å². The second kappa shape index (κ2) is 7.82. The van der Waals surface area contributed by atoms with Crippen molar-refractivity contribution in [3.63, 3.8) is 0 Å². The van der Waals surface area contributed by atoms with Gasteiger partial charge in [0.1, 0.15) is 0 Å². The molecule has 1 amide bonds. The van der Waals surface area contributed by atoms with E-state index in [0.717, 1.165) is 26.9 Å². The molecule has 0 saturated heterocycles. The van der Waals surface area contributed by atoms with Crippen molar-refractivity contribution in [3.8, 4) is 10.7 Å². The van der Waals surface area contributed by atoms with E-state index in [2.05, 4.69) is 10.3 Å². The number of hydrogen-bond acceptors (Lipinski definition) is 5. The number of carbonyl (C=O) groups is 1. The predicted octanol–water partition coefficient (Wildman–Crippen LogP) is 4.16. The molecule has 1 aromatic carbocycles. The molecule has 0 radical (unpaired) electrons. The zero-order valence-electron chi connectivity index (χ0n) is 15.8. The number of fused-ring (bicyclic) bond motifs is 1. The summed E-state index contributed by atoms with van der Waals surface area (Å²) < 4.78 is 1.95. The Bertz CT molecular complexity index is 1100. The van der Waals surface area contributed by atoms with Crippen molar-refractivity contribution in [1.29, 1.82) is 0 Å². The van der Waals surface area contributed by atoms with Gasteiger partial charge in [-0.2, -0.15) is 0 Å². The Morgan fingerprint density at radius 2 is 1.96 bits per heavy atom. The van der Waals surface area contributed by atoms with Crippen molar-refractivity contribution in [2.45, 2.75) is 13.5 Å². The predicted molar refractivity (Wildman–Crippen MR) is 113 cm³/mol. The summed E-state index contributed by atoms with van der Waals surface area (Å²) in [6, 6.07) is 15.8. The lowest BCUT2D eigenvalue weighted by molar-refractivity contribution is 0.0749. The highest BCUT2D eigenvalue weighted by Gasteiger charge is 2.23. The molecule has 1 N–H and O–H groups in total. The summed E-state index contributed by atoms with van der Waals surface area (Å²) in [5.41, 5.74) is 2.36. The van der Waals surface area contributed by atoms with Crippen LogP contribution in [0.1, 0.15) is 23.0 Å². The number of nitrogens with zero attached hydrogens (tertiary/aromatic N) is 4. The largest absolute Gasteiger partial charge is 0.365 e. The monoisotopic (exact) mass is 391 g/mol. The van der Waals surface area contributed by atoms with Gasteiger partial charge in [0.25, 0.3) is 5.91 Å². The van der Waals surface area contributed by atoms with Crippen LogP contribution in [-0.4, -0.2) is 38.8 Å². The molecule has 0 atom stereocenters. The fraction of sp³-hybridized carbons (Fsp3) is 0.190. The minimum absolute atomic E-state index is 0.0698. The Morgan fingerprint density at radius 1 is 1.18 bits per heavy atom. The Morgan fingerprint density at radius 3 is 2.68 bits per heavy atom. The molecule has 4 aromatic rings. The second-order valence-electron chi connectivity index (χ2n) is 6.32. The molecule has 0 saturated carbocycles. The highest BCUT2D eigenvalue weighted by Crippen LogP contribution is 2.30. The van der Waals surface area contributed by atoms with E-state index in [9.17, 15) is 4.79 Å². The minimum atomic E-state index is -0.0698. The third-order valence-electron chi connectivity index (χ3n) is 4.58. The van der Waals surface area contributed by atoms with Crippen molar-refractivity contribution < 1.29 is 4.79 Å². The van der Waals surface area contributed by atoms with E-state index < -0.39 is 0 Å². The fourth-order valence-electron chi connectivity index (χ4n) is 3.14. The van der Waals surface area contributed by atoms with Gasteiger partial charge >= 0.3 is 0 Å². The molecule has 0 aliphatic carbocycles. The fourth-order valence-corrected chi connectivity index (χ4v) is 3.90. The number of thiazole rings is 1. The number of aromatic nitrogens is 3. The molecule has 0 aliphatic heterocycles. The standard InChI is InChI=1S/C21H21N5OS/c1-3-25(14-15-9-5-4-6-10-15)20(27)18-16-11-7-8-12-26(16)19(24-18)17-13-23-21(22-2)28-17/h4-13H,3,14H2,1-2H3,(H,22,23). The van der Waals surface area contributed by atoms with Crippen LogP contribution in [0, 0.1) is 0 Å². The van der Waals surface area contributed by atoms with E-state index in [1.165, 1.54) is 11.3 Å². The summed E-state index contributed by atoms with van der Waals surface area (Å²) in [4.78, 5) is 25.1. The van der Waals surface area contributed by atoms with E-state index in [1.54, 1.807) is 6.20 Å². The molecule has 0 fully saturated rings. The Labute approximate surface area is 167 Å². The van der Waals surface area contributed by atoms with E-state index in [1.807, 2.05) is 78.0 Å². The molecule has 0 unspecified atom stereocenters. The molecule has 0 spiro atoms. The lowest BCUT2D eigenvalue weighted by Gasteiger charge is -2.20. The summed E-state index contributed by atoms with van der Waals surface area (Å²) in [6.45, 7) is 3.16. The molecule has 4 rings (SSSR count). The van der Waals surface area contributed by atoms with Gasteiger partial charge in [0, 0.05) is 26.3 Å². The van der Waals surface area contributed by atoms with Crippen LogP contribution in [0.3, 0.4) is 0 Å². The smallest absolute Gasteiger partial charge is 0.275 e. The average Bonchev–Trinajstić information content (AvgIpc) is 3.37. The average molecular weight is 392 g/mol. The number of carbonyl (C=O) groups excluding carboxylic acids is 1. The van der Waals surface area contributed by atoms with Crippen molar-refractivity contribution in [3.05, 3.63) is 72.2 Å². The van der Waals surface area contributed by atoms with Crippen LogP contribution in [0.15, 0.2) is 60.9 Å². The maximum absolute atomic E-state index is 13.3. The summed E-state index contributed by atoms with van der Waals surface area (Å²) in [5.74, 6) is 0.661. The number of pyridine rings is 1. The summed E-state index contributed by atoms with van der Waals surface area (Å²) in [7, 11) is 1.84. The number of hydrogen-bond donors (Lipinski definition) is 1. The first-order valence-corrected chi connectivity index (χ1v) is 9.97. The lowest BCUT2D eigenvalue weighted by atomic mass is 10.2.